The van der Waals surface area contributed by atoms with Gasteiger partial charge in [0.15, 0.2) is 0 Å². The molecule has 0 saturated heterocycles. The van der Waals surface area contributed by atoms with Crippen LogP contribution in [0.2, 0.25) is 0 Å². The Kier molecular flexibility index (Phi) is 6.42. The number of thiophene rings is 2. The van der Waals surface area contributed by atoms with E-state index < -0.39 is 0 Å². The van der Waals surface area contributed by atoms with E-state index in [-0.39, 0.29) is 11.9 Å². The maximum atomic E-state index is 12.6. The molecule has 1 atom stereocenters. The van der Waals surface area contributed by atoms with Gasteiger partial charge < -0.3 is 10.2 Å². The molecule has 0 aromatic carbocycles. The summed E-state index contributed by atoms with van der Waals surface area (Å²) in [5.41, 5.74) is 0. The van der Waals surface area contributed by atoms with Crippen molar-refractivity contribution in [3.63, 3.8) is 0 Å². The SMILES string of the molecule is CCNC(C)CC(=O)N(Cc1cccs1)Cc1cccs1. The Balaban J connectivity index is 2.01. The van der Waals surface area contributed by atoms with Crippen molar-refractivity contribution in [3.05, 3.63) is 44.8 Å². The van der Waals surface area contributed by atoms with Gasteiger partial charge in [-0.1, -0.05) is 19.1 Å². The molecule has 2 heterocycles. The van der Waals surface area contributed by atoms with E-state index in [2.05, 4.69) is 42.1 Å². The number of amides is 1. The minimum Gasteiger partial charge on any atom is -0.332 e. The molecule has 0 aliphatic carbocycles. The van der Waals surface area contributed by atoms with Crippen LogP contribution >= 0.6 is 22.7 Å². The Morgan fingerprint density at radius 2 is 1.76 bits per heavy atom. The summed E-state index contributed by atoms with van der Waals surface area (Å²) in [5.74, 6) is 0.213. The van der Waals surface area contributed by atoms with Crippen molar-refractivity contribution in [2.45, 2.75) is 39.4 Å². The lowest BCUT2D eigenvalue weighted by Crippen LogP contribution is -2.36. The Bertz CT molecular complexity index is 486. The number of hydrogen-bond donors (Lipinski definition) is 1. The third kappa shape index (κ3) is 5.26. The predicted octanol–water partition coefficient (Wildman–Crippen LogP) is 3.73. The Morgan fingerprint density at radius 1 is 1.19 bits per heavy atom. The van der Waals surface area contributed by atoms with Gasteiger partial charge in [0.05, 0.1) is 13.1 Å². The second-order valence-electron chi connectivity index (χ2n) is 5.07. The highest BCUT2D eigenvalue weighted by Crippen LogP contribution is 2.18. The van der Waals surface area contributed by atoms with E-state index in [1.165, 1.54) is 9.75 Å². The van der Waals surface area contributed by atoms with Crippen molar-refractivity contribution in [1.82, 2.24) is 10.2 Å². The fourth-order valence-corrected chi connectivity index (χ4v) is 3.66. The third-order valence-corrected chi connectivity index (χ3v) is 4.96. The van der Waals surface area contributed by atoms with Crippen LogP contribution in [-0.2, 0) is 17.9 Å². The average Bonchev–Trinajstić information content (AvgIpc) is 3.11. The zero-order valence-corrected chi connectivity index (χ0v) is 14.2. The summed E-state index contributed by atoms with van der Waals surface area (Å²) in [6, 6.07) is 8.47. The van der Waals surface area contributed by atoms with Crippen LogP contribution < -0.4 is 5.32 Å². The summed E-state index contributed by atoms with van der Waals surface area (Å²) in [7, 11) is 0. The smallest absolute Gasteiger partial charge is 0.224 e. The molecule has 2 aromatic heterocycles. The van der Waals surface area contributed by atoms with Gasteiger partial charge in [-0.25, -0.2) is 0 Å². The van der Waals surface area contributed by atoms with Crippen LogP contribution in [0, 0.1) is 0 Å². The number of hydrogen-bond acceptors (Lipinski definition) is 4. The standard InChI is InChI=1S/C16H22N2OS2/c1-3-17-13(2)10-16(19)18(11-14-6-4-8-20-14)12-15-7-5-9-21-15/h4-9,13,17H,3,10-12H2,1-2H3. The molecule has 0 fully saturated rings. The van der Waals surface area contributed by atoms with E-state index >= 15 is 0 Å². The molecule has 21 heavy (non-hydrogen) atoms. The van der Waals surface area contributed by atoms with Crippen molar-refractivity contribution >= 4 is 28.6 Å². The first-order valence-electron chi connectivity index (χ1n) is 7.25. The normalized spacial score (nSPS) is 12.3. The predicted molar refractivity (Wildman–Crippen MR) is 90.6 cm³/mol. The molecule has 1 N–H and O–H groups in total. The van der Waals surface area contributed by atoms with Crippen LogP contribution in [0.4, 0.5) is 0 Å². The van der Waals surface area contributed by atoms with Gasteiger partial charge >= 0.3 is 0 Å². The van der Waals surface area contributed by atoms with Gasteiger partial charge in [0.2, 0.25) is 5.91 Å². The maximum absolute atomic E-state index is 12.6. The van der Waals surface area contributed by atoms with Gasteiger partial charge in [-0.2, -0.15) is 0 Å². The summed E-state index contributed by atoms with van der Waals surface area (Å²) >= 11 is 3.41. The second kappa shape index (κ2) is 8.32. The summed E-state index contributed by atoms with van der Waals surface area (Å²) < 4.78 is 0. The highest BCUT2D eigenvalue weighted by molar-refractivity contribution is 7.10. The van der Waals surface area contributed by atoms with Gasteiger partial charge in [0.1, 0.15) is 0 Å². The van der Waals surface area contributed by atoms with E-state index in [0.29, 0.717) is 19.5 Å². The molecule has 114 valence electrons. The van der Waals surface area contributed by atoms with Gasteiger partial charge in [-0.05, 0) is 36.4 Å². The van der Waals surface area contributed by atoms with Crippen LogP contribution in [0.3, 0.4) is 0 Å². The van der Waals surface area contributed by atoms with Crippen molar-refractivity contribution < 1.29 is 4.79 Å². The lowest BCUT2D eigenvalue weighted by molar-refractivity contribution is -0.132. The molecule has 1 amide bonds. The molecule has 0 aliphatic rings. The average molecular weight is 322 g/mol. The fourth-order valence-electron chi connectivity index (χ4n) is 2.23. The Hall–Kier alpha value is -1.17. The highest BCUT2D eigenvalue weighted by Gasteiger charge is 2.18. The van der Waals surface area contributed by atoms with Crippen molar-refractivity contribution in [2.75, 3.05) is 6.54 Å². The number of rotatable bonds is 8. The van der Waals surface area contributed by atoms with Gasteiger partial charge in [0.25, 0.3) is 0 Å². The number of nitrogens with one attached hydrogen (secondary N) is 1. The van der Waals surface area contributed by atoms with Crippen LogP contribution in [0.1, 0.15) is 30.0 Å². The number of carbonyl (C=O) groups is 1. The lowest BCUT2D eigenvalue weighted by atomic mass is 10.2. The summed E-state index contributed by atoms with van der Waals surface area (Å²) in [5, 5.41) is 7.43. The lowest BCUT2D eigenvalue weighted by Gasteiger charge is -2.23. The molecule has 2 aromatic rings. The van der Waals surface area contributed by atoms with Crippen molar-refractivity contribution in [2.24, 2.45) is 0 Å². The highest BCUT2D eigenvalue weighted by atomic mass is 32.1. The molecule has 1 unspecified atom stereocenters. The first-order valence-corrected chi connectivity index (χ1v) is 9.01. The van der Waals surface area contributed by atoms with Gasteiger partial charge in [-0.3, -0.25) is 4.79 Å². The molecule has 2 rings (SSSR count). The molecular formula is C16H22N2OS2. The Morgan fingerprint density at radius 3 is 2.19 bits per heavy atom. The fraction of sp³-hybridized carbons (Fsp3) is 0.438. The first-order chi connectivity index (χ1) is 10.2. The quantitative estimate of drug-likeness (QED) is 0.803. The van der Waals surface area contributed by atoms with Crippen molar-refractivity contribution in [1.29, 1.82) is 0 Å². The minimum atomic E-state index is 0.213. The molecule has 3 nitrogen and oxygen atoms in total. The van der Waals surface area contributed by atoms with E-state index in [1.54, 1.807) is 22.7 Å². The summed E-state index contributed by atoms with van der Waals surface area (Å²) in [4.78, 5) is 17.0. The molecule has 0 bridgehead atoms. The topological polar surface area (TPSA) is 32.3 Å². The third-order valence-electron chi connectivity index (χ3n) is 3.24. The molecule has 0 spiro atoms. The van der Waals surface area contributed by atoms with Crippen LogP contribution in [0.5, 0.6) is 0 Å². The van der Waals surface area contributed by atoms with E-state index in [4.69, 9.17) is 0 Å². The maximum Gasteiger partial charge on any atom is 0.224 e. The minimum absolute atomic E-state index is 0.213. The first kappa shape index (κ1) is 16.2. The summed E-state index contributed by atoms with van der Waals surface area (Å²) in [6.45, 7) is 6.43. The summed E-state index contributed by atoms with van der Waals surface area (Å²) in [6.07, 6.45) is 0.546. The number of carbonyl (C=O) groups excluding carboxylic acids is 1. The van der Waals surface area contributed by atoms with Gasteiger partial charge in [-0.15, -0.1) is 22.7 Å². The largest absolute Gasteiger partial charge is 0.332 e. The zero-order valence-electron chi connectivity index (χ0n) is 12.5. The second-order valence-corrected chi connectivity index (χ2v) is 7.14. The molecule has 0 saturated carbocycles. The molecule has 5 heteroatoms. The zero-order chi connectivity index (χ0) is 15.1. The van der Waals surface area contributed by atoms with E-state index in [9.17, 15) is 4.79 Å². The van der Waals surface area contributed by atoms with E-state index in [0.717, 1.165) is 6.54 Å². The monoisotopic (exact) mass is 322 g/mol. The van der Waals surface area contributed by atoms with E-state index in [1.807, 2.05) is 17.0 Å². The van der Waals surface area contributed by atoms with Crippen molar-refractivity contribution in [3.8, 4) is 0 Å². The molecule has 0 aliphatic heterocycles. The molecule has 0 radical (unpaired) electrons. The molecular weight excluding hydrogens is 300 g/mol. The van der Waals surface area contributed by atoms with Gasteiger partial charge in [0, 0.05) is 22.2 Å². The van der Waals surface area contributed by atoms with Crippen LogP contribution in [0.15, 0.2) is 35.0 Å². The Labute approximate surface area is 134 Å². The van der Waals surface area contributed by atoms with Crippen LogP contribution in [0.25, 0.3) is 0 Å². The number of nitrogens with zero attached hydrogens (tertiary/aromatic N) is 1. The van der Waals surface area contributed by atoms with Crippen LogP contribution in [-0.4, -0.2) is 23.4 Å².